The maximum atomic E-state index is 12.1. The van der Waals surface area contributed by atoms with Gasteiger partial charge in [0, 0.05) is 11.5 Å². The van der Waals surface area contributed by atoms with Gasteiger partial charge in [0.05, 0.1) is 0 Å². The molecule has 1 N–H and O–H groups in total. The van der Waals surface area contributed by atoms with E-state index in [9.17, 15) is 4.79 Å². The van der Waals surface area contributed by atoms with E-state index in [0.29, 0.717) is 0 Å². The predicted octanol–water partition coefficient (Wildman–Crippen LogP) is 4.00. The van der Waals surface area contributed by atoms with Crippen molar-refractivity contribution in [3.63, 3.8) is 0 Å². The molecule has 0 aliphatic heterocycles. The molecule has 0 bridgehead atoms. The lowest BCUT2D eigenvalue weighted by molar-refractivity contribution is -0.130. The van der Waals surface area contributed by atoms with Gasteiger partial charge in [0.15, 0.2) is 0 Å². The summed E-state index contributed by atoms with van der Waals surface area (Å²) in [7, 11) is 0. The topological polar surface area (TPSA) is 29.1 Å². The van der Waals surface area contributed by atoms with Crippen molar-refractivity contribution < 1.29 is 4.79 Å². The molecule has 0 aromatic carbocycles. The van der Waals surface area contributed by atoms with Gasteiger partial charge in [0.2, 0.25) is 5.91 Å². The molecule has 2 nitrogen and oxygen atoms in total. The minimum absolute atomic E-state index is 0.0915. The summed E-state index contributed by atoms with van der Waals surface area (Å²) in [5.41, 5.74) is -0.00130. The zero-order chi connectivity index (χ0) is 14.1. The maximum absolute atomic E-state index is 12.1. The van der Waals surface area contributed by atoms with E-state index in [-0.39, 0.29) is 28.2 Å². The molecule has 1 amide bonds. The Morgan fingerprint density at radius 3 is 1.59 bits per heavy atom. The molecule has 0 aliphatic rings. The predicted molar refractivity (Wildman–Crippen MR) is 74.9 cm³/mol. The van der Waals surface area contributed by atoms with Crippen molar-refractivity contribution in [3.8, 4) is 0 Å². The normalized spacial score (nSPS) is 15.6. The molecule has 0 aromatic heterocycles. The smallest absolute Gasteiger partial charge is 0.225 e. The van der Waals surface area contributed by atoms with Crippen LogP contribution in [0.3, 0.4) is 0 Å². The Morgan fingerprint density at radius 1 is 0.941 bits per heavy atom. The second kappa shape index (κ2) is 4.99. The minimum atomic E-state index is -0.318. The summed E-state index contributed by atoms with van der Waals surface area (Å²) >= 11 is 0. The van der Waals surface area contributed by atoms with Gasteiger partial charge < -0.3 is 5.32 Å². The Bertz CT molecular complexity index is 260. The Labute approximate surface area is 108 Å². The van der Waals surface area contributed by atoms with Gasteiger partial charge in [-0.25, -0.2) is 0 Å². The number of carbonyl (C=O) groups excluding carboxylic acids is 1. The third-order valence-corrected chi connectivity index (χ3v) is 2.85. The highest BCUT2D eigenvalue weighted by molar-refractivity contribution is 5.81. The zero-order valence-corrected chi connectivity index (χ0v) is 13.2. The number of rotatable bonds is 2. The average Bonchev–Trinajstić information content (AvgIpc) is 1.96. The summed E-state index contributed by atoms with van der Waals surface area (Å²) in [6, 6.07) is 0.217. The van der Waals surface area contributed by atoms with Crippen LogP contribution in [0.15, 0.2) is 0 Å². The van der Waals surface area contributed by atoms with Crippen LogP contribution in [0.2, 0.25) is 0 Å². The van der Waals surface area contributed by atoms with Crippen LogP contribution in [0.5, 0.6) is 0 Å². The highest BCUT2D eigenvalue weighted by Crippen LogP contribution is 2.31. The molecule has 0 spiro atoms. The van der Waals surface area contributed by atoms with E-state index in [2.05, 4.69) is 46.9 Å². The van der Waals surface area contributed by atoms with Gasteiger partial charge >= 0.3 is 0 Å². The van der Waals surface area contributed by atoms with Gasteiger partial charge in [-0.1, -0.05) is 62.3 Å². The molecule has 0 saturated heterocycles. The first kappa shape index (κ1) is 16.5. The Kier molecular flexibility index (Phi) is 4.84. The molecule has 0 fully saturated rings. The highest BCUT2D eigenvalue weighted by Gasteiger charge is 2.33. The number of hydrogen-bond donors (Lipinski definition) is 1. The Morgan fingerprint density at radius 2 is 1.35 bits per heavy atom. The Hall–Kier alpha value is -0.530. The SMILES string of the molecule is CC(C)(C)CC(NC(=O)C(C)(C)C)C(C)(C)C. The van der Waals surface area contributed by atoms with E-state index in [0.717, 1.165) is 6.42 Å². The maximum Gasteiger partial charge on any atom is 0.225 e. The molecule has 0 radical (unpaired) electrons. The van der Waals surface area contributed by atoms with E-state index < -0.39 is 0 Å². The number of nitrogens with one attached hydrogen (secondary N) is 1. The van der Waals surface area contributed by atoms with Crippen LogP contribution in [-0.4, -0.2) is 11.9 Å². The summed E-state index contributed by atoms with van der Waals surface area (Å²) < 4.78 is 0. The fourth-order valence-corrected chi connectivity index (χ4v) is 1.56. The van der Waals surface area contributed by atoms with Gasteiger partial charge in [0.25, 0.3) is 0 Å². The molecule has 17 heavy (non-hydrogen) atoms. The summed E-state index contributed by atoms with van der Waals surface area (Å²) in [6.45, 7) is 19.1. The van der Waals surface area contributed by atoms with Crippen molar-refractivity contribution in [3.05, 3.63) is 0 Å². The van der Waals surface area contributed by atoms with E-state index in [1.165, 1.54) is 0 Å². The van der Waals surface area contributed by atoms with Crippen molar-refractivity contribution >= 4 is 5.91 Å². The lowest BCUT2D eigenvalue weighted by Crippen LogP contribution is -2.49. The largest absolute Gasteiger partial charge is 0.352 e. The monoisotopic (exact) mass is 241 g/mol. The molecule has 0 aliphatic carbocycles. The van der Waals surface area contributed by atoms with Crippen LogP contribution < -0.4 is 5.32 Å². The molecular weight excluding hydrogens is 210 g/mol. The van der Waals surface area contributed by atoms with Crippen molar-refractivity contribution in [1.82, 2.24) is 5.32 Å². The third kappa shape index (κ3) is 6.70. The molecule has 1 atom stereocenters. The van der Waals surface area contributed by atoms with Gasteiger partial charge in [0.1, 0.15) is 0 Å². The fraction of sp³-hybridized carbons (Fsp3) is 0.933. The molecule has 2 heteroatoms. The van der Waals surface area contributed by atoms with E-state index in [1.807, 2.05) is 20.8 Å². The lowest BCUT2D eigenvalue weighted by Gasteiger charge is -2.37. The van der Waals surface area contributed by atoms with E-state index in [4.69, 9.17) is 0 Å². The lowest BCUT2D eigenvalue weighted by atomic mass is 9.76. The second-order valence-electron chi connectivity index (χ2n) is 8.41. The van der Waals surface area contributed by atoms with Crippen LogP contribution in [-0.2, 0) is 4.79 Å². The van der Waals surface area contributed by atoms with Crippen LogP contribution in [0.4, 0.5) is 0 Å². The molecule has 1 unspecified atom stereocenters. The summed E-state index contributed by atoms with van der Waals surface area (Å²) in [6.07, 6.45) is 0.998. The van der Waals surface area contributed by atoms with E-state index >= 15 is 0 Å². The average molecular weight is 241 g/mol. The summed E-state index contributed by atoms with van der Waals surface area (Å²) in [5.74, 6) is 0.140. The third-order valence-electron chi connectivity index (χ3n) is 2.85. The highest BCUT2D eigenvalue weighted by atomic mass is 16.2. The molecule has 0 heterocycles. The van der Waals surface area contributed by atoms with Crippen LogP contribution in [0, 0.1) is 16.2 Å². The molecule has 0 saturated carbocycles. The van der Waals surface area contributed by atoms with Crippen molar-refractivity contribution in [2.45, 2.75) is 74.8 Å². The quantitative estimate of drug-likeness (QED) is 0.778. The van der Waals surface area contributed by atoms with Gasteiger partial charge in [-0.2, -0.15) is 0 Å². The fourth-order valence-electron chi connectivity index (χ4n) is 1.56. The minimum Gasteiger partial charge on any atom is -0.352 e. The first-order valence-electron chi connectivity index (χ1n) is 6.54. The number of carbonyl (C=O) groups is 1. The first-order valence-corrected chi connectivity index (χ1v) is 6.54. The zero-order valence-electron chi connectivity index (χ0n) is 13.2. The summed E-state index contributed by atoms with van der Waals surface area (Å²) in [4.78, 5) is 12.1. The standard InChI is InChI=1S/C15H31NO/c1-13(2,3)10-11(14(4,5)6)16-12(17)15(7,8)9/h11H,10H2,1-9H3,(H,16,17). The van der Waals surface area contributed by atoms with Gasteiger partial charge in [-0.15, -0.1) is 0 Å². The molecule has 0 rings (SSSR count). The van der Waals surface area contributed by atoms with Crippen molar-refractivity contribution in [2.75, 3.05) is 0 Å². The molecule has 102 valence electrons. The molecular formula is C15H31NO. The first-order chi connectivity index (χ1) is 7.23. The van der Waals surface area contributed by atoms with Gasteiger partial charge in [-0.05, 0) is 17.3 Å². The summed E-state index contributed by atoms with van der Waals surface area (Å²) in [5, 5.41) is 3.21. The van der Waals surface area contributed by atoms with Crippen LogP contribution >= 0.6 is 0 Å². The van der Waals surface area contributed by atoms with Crippen molar-refractivity contribution in [1.29, 1.82) is 0 Å². The van der Waals surface area contributed by atoms with E-state index in [1.54, 1.807) is 0 Å². The number of amides is 1. The van der Waals surface area contributed by atoms with Gasteiger partial charge in [-0.3, -0.25) is 4.79 Å². The number of hydrogen-bond acceptors (Lipinski definition) is 1. The Balaban J connectivity index is 4.81. The molecule has 0 aromatic rings. The van der Waals surface area contributed by atoms with Crippen molar-refractivity contribution in [2.24, 2.45) is 16.2 Å². The van der Waals surface area contributed by atoms with Crippen LogP contribution in [0.25, 0.3) is 0 Å². The van der Waals surface area contributed by atoms with Crippen LogP contribution in [0.1, 0.15) is 68.7 Å². The second-order valence-corrected chi connectivity index (χ2v) is 8.41.